The summed E-state index contributed by atoms with van der Waals surface area (Å²) in [5.41, 5.74) is 1.08. The molecule has 1 unspecified atom stereocenters. The first-order chi connectivity index (χ1) is 16.7. The van der Waals surface area contributed by atoms with Crippen LogP contribution in [0.5, 0.6) is 5.75 Å². The molecular formula is C25H28N4O3S2. The van der Waals surface area contributed by atoms with E-state index in [2.05, 4.69) is 15.2 Å². The van der Waals surface area contributed by atoms with Gasteiger partial charge in [-0.05, 0) is 30.2 Å². The molecule has 4 heterocycles. The van der Waals surface area contributed by atoms with E-state index in [1.165, 1.54) is 11.3 Å². The van der Waals surface area contributed by atoms with Crippen molar-refractivity contribution in [2.75, 3.05) is 45.1 Å². The Kier molecular flexibility index (Phi) is 7.44. The zero-order valence-electron chi connectivity index (χ0n) is 18.9. The van der Waals surface area contributed by atoms with Crippen LogP contribution < -0.4 is 15.5 Å². The van der Waals surface area contributed by atoms with Crippen LogP contribution >= 0.6 is 23.1 Å². The lowest BCUT2D eigenvalue weighted by molar-refractivity contribution is -0.134. The quantitative estimate of drug-likeness (QED) is 0.504. The Balaban J connectivity index is 1.04. The molecule has 0 aliphatic carbocycles. The van der Waals surface area contributed by atoms with E-state index in [4.69, 9.17) is 4.74 Å². The van der Waals surface area contributed by atoms with Crippen molar-refractivity contribution in [3.8, 4) is 5.75 Å². The molecule has 178 valence electrons. The van der Waals surface area contributed by atoms with Crippen LogP contribution in [-0.4, -0.2) is 71.8 Å². The molecule has 2 aliphatic rings. The van der Waals surface area contributed by atoms with Crippen LogP contribution in [0.2, 0.25) is 0 Å². The predicted octanol–water partition coefficient (Wildman–Crippen LogP) is 2.97. The lowest BCUT2D eigenvalue weighted by Gasteiger charge is -2.36. The average molecular weight is 497 g/mol. The third kappa shape index (κ3) is 5.27. The summed E-state index contributed by atoms with van der Waals surface area (Å²) in [7, 11) is 0. The number of nitrogens with zero attached hydrogens (tertiary/aromatic N) is 3. The Morgan fingerprint density at radius 3 is 2.82 bits per heavy atom. The molecule has 2 fully saturated rings. The van der Waals surface area contributed by atoms with E-state index in [1.807, 2.05) is 52.9 Å². The molecule has 2 atom stereocenters. The number of hydrogen-bond donors (Lipinski definition) is 1. The Morgan fingerprint density at radius 2 is 2.00 bits per heavy atom. The number of benzene rings is 1. The zero-order valence-corrected chi connectivity index (χ0v) is 20.5. The molecule has 0 saturated carbocycles. The fraction of sp³-hybridized carbons (Fsp3) is 0.400. The van der Waals surface area contributed by atoms with Crippen molar-refractivity contribution in [1.82, 2.24) is 20.1 Å². The van der Waals surface area contributed by atoms with Crippen molar-refractivity contribution in [3.63, 3.8) is 0 Å². The Bertz CT molecular complexity index is 1180. The van der Waals surface area contributed by atoms with E-state index < -0.39 is 0 Å². The summed E-state index contributed by atoms with van der Waals surface area (Å²) in [5.74, 6) is 1.42. The summed E-state index contributed by atoms with van der Waals surface area (Å²) in [6.45, 7) is 4.63. The van der Waals surface area contributed by atoms with E-state index in [-0.39, 0.29) is 22.8 Å². The molecule has 34 heavy (non-hydrogen) atoms. The number of thioether (sulfide) groups is 1. The first kappa shape index (κ1) is 23.3. The van der Waals surface area contributed by atoms with Gasteiger partial charge in [0.2, 0.25) is 11.3 Å². The maximum atomic E-state index is 13.0. The number of pyridine rings is 1. The Morgan fingerprint density at radius 1 is 1.15 bits per heavy atom. The van der Waals surface area contributed by atoms with Gasteiger partial charge in [-0.25, -0.2) is 0 Å². The van der Waals surface area contributed by atoms with E-state index in [0.717, 1.165) is 55.2 Å². The summed E-state index contributed by atoms with van der Waals surface area (Å²) in [6.07, 6.45) is 4.47. The highest BCUT2D eigenvalue weighted by Crippen LogP contribution is 2.32. The lowest BCUT2D eigenvalue weighted by Crippen LogP contribution is -2.53. The third-order valence-electron chi connectivity index (χ3n) is 6.28. The summed E-state index contributed by atoms with van der Waals surface area (Å²) < 4.78 is 6.78. The minimum Gasteiger partial charge on any atom is -0.489 e. The van der Waals surface area contributed by atoms with Gasteiger partial charge in [-0.3, -0.25) is 24.8 Å². The van der Waals surface area contributed by atoms with E-state index in [9.17, 15) is 9.59 Å². The highest BCUT2D eigenvalue weighted by atomic mass is 32.2. The minimum absolute atomic E-state index is 0.0362. The number of aromatic nitrogens is 1. The number of hydrogen-bond acceptors (Lipinski definition) is 8. The summed E-state index contributed by atoms with van der Waals surface area (Å²) in [6, 6.07) is 11.5. The number of carbonyl (C=O) groups is 1. The van der Waals surface area contributed by atoms with Crippen LogP contribution in [0.1, 0.15) is 17.4 Å². The molecule has 9 heteroatoms. The number of fused-ring (bicyclic) bond motifs is 1. The molecule has 1 aromatic carbocycles. The van der Waals surface area contributed by atoms with Crippen molar-refractivity contribution in [3.05, 3.63) is 70.0 Å². The number of piperazine rings is 1. The number of ether oxygens (including phenoxy) is 1. The largest absolute Gasteiger partial charge is 0.489 e. The summed E-state index contributed by atoms with van der Waals surface area (Å²) >= 11 is 3.30. The second kappa shape index (κ2) is 10.9. The number of carbonyl (C=O) groups excluding carboxylic acids is 1. The first-order valence-electron chi connectivity index (χ1n) is 11.6. The topological polar surface area (TPSA) is 74.8 Å². The number of amides is 1. The van der Waals surface area contributed by atoms with E-state index >= 15 is 0 Å². The second-order valence-electron chi connectivity index (χ2n) is 8.51. The molecule has 0 bridgehead atoms. The van der Waals surface area contributed by atoms with Crippen LogP contribution in [0.25, 0.3) is 10.1 Å². The van der Waals surface area contributed by atoms with Crippen LogP contribution in [0.15, 0.2) is 59.0 Å². The number of rotatable bonds is 7. The fourth-order valence-corrected chi connectivity index (χ4v) is 6.45. The van der Waals surface area contributed by atoms with Crippen LogP contribution in [0.3, 0.4) is 0 Å². The van der Waals surface area contributed by atoms with Gasteiger partial charge in [-0.2, -0.15) is 0 Å². The Labute approximate surface area is 207 Å². The highest BCUT2D eigenvalue weighted by molar-refractivity contribution is 7.99. The maximum absolute atomic E-state index is 13.0. The predicted molar refractivity (Wildman–Crippen MR) is 138 cm³/mol. The third-order valence-corrected chi connectivity index (χ3v) is 8.49. The van der Waals surface area contributed by atoms with Gasteiger partial charge in [0.25, 0.3) is 0 Å². The Hall–Kier alpha value is -2.46. The monoisotopic (exact) mass is 496 g/mol. The molecule has 5 rings (SSSR count). The SMILES string of the molecule is O=C([C@@H]1CSC(c2cccnc2)N1)N1CCN(CCCOc2csc3ccccc3c2=O)CC1. The van der Waals surface area contributed by atoms with Crippen molar-refractivity contribution in [2.24, 2.45) is 0 Å². The van der Waals surface area contributed by atoms with Gasteiger partial charge in [0, 0.05) is 66.3 Å². The van der Waals surface area contributed by atoms with Crippen molar-refractivity contribution in [1.29, 1.82) is 0 Å². The second-order valence-corrected chi connectivity index (χ2v) is 10.6. The molecule has 2 aliphatic heterocycles. The zero-order chi connectivity index (χ0) is 23.3. The summed E-state index contributed by atoms with van der Waals surface area (Å²) in [4.78, 5) is 34.1. The molecule has 7 nitrogen and oxygen atoms in total. The standard InChI is InChI=1S/C25H28N4O3S2/c30-23-19-6-1-2-7-22(19)33-17-21(23)32-14-4-9-28-10-12-29(13-11-28)25(31)20-16-34-24(27-20)18-5-3-8-26-15-18/h1-3,5-8,15,17,20,24,27H,4,9-14,16H2/t20-,24?/m0/s1. The molecule has 0 spiro atoms. The molecule has 2 saturated heterocycles. The van der Waals surface area contributed by atoms with Crippen LogP contribution in [0.4, 0.5) is 0 Å². The molecule has 2 aromatic heterocycles. The van der Waals surface area contributed by atoms with E-state index in [0.29, 0.717) is 17.7 Å². The van der Waals surface area contributed by atoms with Gasteiger partial charge in [-0.1, -0.05) is 18.2 Å². The first-order valence-corrected chi connectivity index (χ1v) is 13.5. The van der Waals surface area contributed by atoms with Gasteiger partial charge in [0.15, 0.2) is 5.75 Å². The molecule has 0 radical (unpaired) electrons. The summed E-state index contributed by atoms with van der Waals surface area (Å²) in [5, 5.41) is 6.12. The van der Waals surface area contributed by atoms with E-state index in [1.54, 1.807) is 18.0 Å². The molecular weight excluding hydrogens is 468 g/mol. The van der Waals surface area contributed by atoms with Gasteiger partial charge in [0.1, 0.15) is 0 Å². The van der Waals surface area contributed by atoms with Gasteiger partial charge in [-0.15, -0.1) is 23.1 Å². The van der Waals surface area contributed by atoms with Gasteiger partial charge >= 0.3 is 0 Å². The van der Waals surface area contributed by atoms with Crippen molar-refractivity contribution in [2.45, 2.75) is 17.8 Å². The fourth-order valence-electron chi connectivity index (χ4n) is 4.38. The van der Waals surface area contributed by atoms with Gasteiger partial charge in [0.05, 0.1) is 18.0 Å². The van der Waals surface area contributed by atoms with Crippen LogP contribution in [-0.2, 0) is 4.79 Å². The normalized spacial score (nSPS) is 21.1. The molecule has 1 N–H and O–H groups in total. The number of nitrogens with one attached hydrogen (secondary N) is 1. The van der Waals surface area contributed by atoms with Crippen molar-refractivity contribution >= 4 is 39.1 Å². The van der Waals surface area contributed by atoms with Gasteiger partial charge < -0.3 is 9.64 Å². The average Bonchev–Trinajstić information content (AvgIpc) is 3.39. The molecule has 1 amide bonds. The van der Waals surface area contributed by atoms with Crippen LogP contribution in [0, 0.1) is 0 Å². The molecule has 3 aromatic rings. The lowest BCUT2D eigenvalue weighted by atomic mass is 10.2. The van der Waals surface area contributed by atoms with Crippen molar-refractivity contribution < 1.29 is 9.53 Å². The maximum Gasteiger partial charge on any atom is 0.240 e. The smallest absolute Gasteiger partial charge is 0.240 e. The minimum atomic E-state index is -0.139. The highest BCUT2D eigenvalue weighted by Gasteiger charge is 2.34.